The monoisotopic (exact) mass is 195 g/mol. The lowest BCUT2D eigenvalue weighted by Crippen LogP contribution is -2.45. The van der Waals surface area contributed by atoms with E-state index in [9.17, 15) is 4.79 Å². The van der Waals surface area contributed by atoms with Crippen LogP contribution in [0.2, 0.25) is 0 Å². The highest BCUT2D eigenvalue weighted by molar-refractivity contribution is 5.73. The molecule has 2 nitrogen and oxygen atoms in total. The predicted molar refractivity (Wildman–Crippen MR) is 56.8 cm³/mol. The fourth-order valence-corrected chi connectivity index (χ4v) is 3.61. The third-order valence-corrected chi connectivity index (χ3v) is 4.12. The summed E-state index contributed by atoms with van der Waals surface area (Å²) in [6, 6.07) is 0. The molecule has 1 saturated heterocycles. The van der Waals surface area contributed by atoms with E-state index in [2.05, 4.69) is 18.7 Å². The third-order valence-electron chi connectivity index (χ3n) is 4.12. The maximum atomic E-state index is 11.3. The Labute approximate surface area is 86.7 Å². The molecular formula is C12H21NO. The van der Waals surface area contributed by atoms with Gasteiger partial charge in [0.25, 0.3) is 0 Å². The zero-order valence-corrected chi connectivity index (χ0v) is 9.49. The van der Waals surface area contributed by atoms with Gasteiger partial charge in [-0.2, -0.15) is 0 Å². The lowest BCUT2D eigenvalue weighted by Gasteiger charge is -2.39. The Hall–Kier alpha value is -0.530. The molecule has 1 aliphatic carbocycles. The Balaban J connectivity index is 2.08. The van der Waals surface area contributed by atoms with Gasteiger partial charge in [0.05, 0.1) is 0 Å². The fraction of sp³-hybridized carbons (Fsp3) is 0.917. The molecule has 0 radical (unpaired) electrons. The van der Waals surface area contributed by atoms with Crippen molar-refractivity contribution >= 4 is 5.91 Å². The topological polar surface area (TPSA) is 20.3 Å². The van der Waals surface area contributed by atoms with Crippen molar-refractivity contribution in [1.29, 1.82) is 0 Å². The van der Waals surface area contributed by atoms with E-state index < -0.39 is 0 Å². The van der Waals surface area contributed by atoms with Crippen molar-refractivity contribution in [2.24, 2.45) is 23.7 Å². The van der Waals surface area contributed by atoms with Gasteiger partial charge in [0.2, 0.25) is 5.91 Å². The molecule has 2 heteroatoms. The van der Waals surface area contributed by atoms with Crippen LogP contribution in [0.4, 0.5) is 0 Å². The first-order valence-electron chi connectivity index (χ1n) is 5.85. The van der Waals surface area contributed by atoms with Crippen LogP contribution in [-0.4, -0.2) is 23.9 Å². The number of carbonyl (C=O) groups excluding carboxylic acids is 1. The summed E-state index contributed by atoms with van der Waals surface area (Å²) in [7, 11) is 0. The van der Waals surface area contributed by atoms with E-state index in [4.69, 9.17) is 0 Å². The van der Waals surface area contributed by atoms with Crippen LogP contribution in [0.3, 0.4) is 0 Å². The molecule has 1 aliphatic heterocycles. The number of hydrogen-bond acceptors (Lipinski definition) is 1. The second kappa shape index (κ2) is 3.56. The van der Waals surface area contributed by atoms with Gasteiger partial charge in [0.15, 0.2) is 0 Å². The van der Waals surface area contributed by atoms with Crippen LogP contribution in [-0.2, 0) is 4.79 Å². The summed E-state index contributed by atoms with van der Waals surface area (Å²) in [6.45, 7) is 8.41. The van der Waals surface area contributed by atoms with Gasteiger partial charge in [-0.1, -0.05) is 13.8 Å². The zero-order valence-electron chi connectivity index (χ0n) is 9.49. The molecule has 2 rings (SSSR count). The second-order valence-corrected chi connectivity index (χ2v) is 5.34. The van der Waals surface area contributed by atoms with Crippen molar-refractivity contribution in [3.63, 3.8) is 0 Å². The van der Waals surface area contributed by atoms with Crippen LogP contribution >= 0.6 is 0 Å². The third kappa shape index (κ3) is 1.55. The molecular weight excluding hydrogens is 174 g/mol. The highest BCUT2D eigenvalue weighted by atomic mass is 16.2. The zero-order chi connectivity index (χ0) is 10.3. The summed E-state index contributed by atoms with van der Waals surface area (Å²) in [5.74, 6) is 3.52. The summed E-state index contributed by atoms with van der Waals surface area (Å²) in [5, 5.41) is 0. The molecule has 1 saturated carbocycles. The summed E-state index contributed by atoms with van der Waals surface area (Å²) < 4.78 is 0. The smallest absolute Gasteiger partial charge is 0.219 e. The van der Waals surface area contributed by atoms with Gasteiger partial charge in [-0.15, -0.1) is 0 Å². The Morgan fingerprint density at radius 2 is 1.71 bits per heavy atom. The number of fused-ring (bicyclic) bond motifs is 2. The summed E-state index contributed by atoms with van der Waals surface area (Å²) >= 11 is 0. The molecule has 2 aliphatic rings. The quantitative estimate of drug-likeness (QED) is 0.628. The van der Waals surface area contributed by atoms with E-state index in [0.717, 1.165) is 36.8 Å². The lowest BCUT2D eigenvalue weighted by molar-refractivity contribution is -0.132. The summed E-state index contributed by atoms with van der Waals surface area (Å²) in [6.07, 6.45) is 2.69. The summed E-state index contributed by atoms with van der Waals surface area (Å²) in [5.41, 5.74) is 0. The van der Waals surface area contributed by atoms with Crippen LogP contribution in [0.1, 0.15) is 33.6 Å². The van der Waals surface area contributed by atoms with Crippen molar-refractivity contribution in [2.75, 3.05) is 13.1 Å². The first kappa shape index (κ1) is 10.0. The van der Waals surface area contributed by atoms with Crippen molar-refractivity contribution in [3.05, 3.63) is 0 Å². The van der Waals surface area contributed by atoms with E-state index in [-0.39, 0.29) is 5.91 Å². The first-order chi connectivity index (χ1) is 6.59. The minimum Gasteiger partial charge on any atom is -0.342 e. The van der Waals surface area contributed by atoms with Gasteiger partial charge < -0.3 is 4.90 Å². The maximum Gasteiger partial charge on any atom is 0.219 e. The number of rotatable bonds is 1. The van der Waals surface area contributed by atoms with Gasteiger partial charge in [-0.05, 0) is 36.5 Å². The Morgan fingerprint density at radius 3 is 2.07 bits per heavy atom. The van der Waals surface area contributed by atoms with Crippen LogP contribution < -0.4 is 0 Å². The highest BCUT2D eigenvalue weighted by Gasteiger charge is 2.43. The molecule has 14 heavy (non-hydrogen) atoms. The molecule has 2 bridgehead atoms. The number of likely N-dealkylation sites (tertiary alicyclic amines) is 1. The Kier molecular flexibility index (Phi) is 2.54. The van der Waals surface area contributed by atoms with E-state index >= 15 is 0 Å². The number of nitrogens with zero attached hydrogens (tertiary/aromatic N) is 1. The number of piperidine rings is 1. The highest BCUT2D eigenvalue weighted by Crippen LogP contribution is 2.45. The van der Waals surface area contributed by atoms with Crippen LogP contribution in [0, 0.1) is 23.7 Å². The average molecular weight is 195 g/mol. The molecule has 0 aromatic rings. The van der Waals surface area contributed by atoms with Crippen molar-refractivity contribution in [1.82, 2.24) is 4.90 Å². The Morgan fingerprint density at radius 1 is 1.21 bits per heavy atom. The van der Waals surface area contributed by atoms with Crippen molar-refractivity contribution in [2.45, 2.75) is 33.6 Å². The number of hydrogen-bond donors (Lipinski definition) is 0. The van der Waals surface area contributed by atoms with E-state index in [1.165, 1.54) is 12.8 Å². The molecule has 1 heterocycles. The molecule has 2 unspecified atom stereocenters. The minimum absolute atomic E-state index is 0.268. The number of amides is 1. The second-order valence-electron chi connectivity index (χ2n) is 5.34. The van der Waals surface area contributed by atoms with Gasteiger partial charge in [0.1, 0.15) is 0 Å². The van der Waals surface area contributed by atoms with E-state index in [0.29, 0.717) is 0 Å². The minimum atomic E-state index is 0.268. The SMILES string of the molecule is CC(=O)N1CC2CCC(C1)C2C(C)C. The fourth-order valence-electron chi connectivity index (χ4n) is 3.61. The van der Waals surface area contributed by atoms with Crippen LogP contribution in [0.15, 0.2) is 0 Å². The number of carbonyl (C=O) groups is 1. The maximum absolute atomic E-state index is 11.3. The van der Waals surface area contributed by atoms with Gasteiger partial charge in [0, 0.05) is 20.0 Å². The molecule has 0 N–H and O–H groups in total. The first-order valence-corrected chi connectivity index (χ1v) is 5.85. The van der Waals surface area contributed by atoms with Gasteiger partial charge in [-0.25, -0.2) is 0 Å². The molecule has 2 fully saturated rings. The predicted octanol–water partition coefficient (Wildman–Crippen LogP) is 2.15. The standard InChI is InChI=1S/C12H21NO/c1-8(2)12-10-4-5-11(12)7-13(6-10)9(3)14/h8,10-12H,4-7H2,1-3H3. The molecule has 0 aromatic heterocycles. The molecule has 2 atom stereocenters. The molecule has 80 valence electrons. The lowest BCUT2D eigenvalue weighted by atomic mass is 9.77. The molecule has 1 amide bonds. The normalized spacial score (nSPS) is 36.6. The van der Waals surface area contributed by atoms with Gasteiger partial charge in [-0.3, -0.25) is 4.79 Å². The van der Waals surface area contributed by atoms with Crippen LogP contribution in [0.25, 0.3) is 0 Å². The van der Waals surface area contributed by atoms with Gasteiger partial charge >= 0.3 is 0 Å². The largest absolute Gasteiger partial charge is 0.342 e. The Bertz CT molecular complexity index is 222. The van der Waals surface area contributed by atoms with Crippen molar-refractivity contribution in [3.8, 4) is 0 Å². The van der Waals surface area contributed by atoms with Crippen LogP contribution in [0.5, 0.6) is 0 Å². The molecule has 0 aromatic carbocycles. The van der Waals surface area contributed by atoms with E-state index in [1.54, 1.807) is 6.92 Å². The average Bonchev–Trinajstić information content (AvgIpc) is 2.37. The van der Waals surface area contributed by atoms with Crippen molar-refractivity contribution < 1.29 is 4.79 Å². The van der Waals surface area contributed by atoms with E-state index in [1.807, 2.05) is 0 Å². The molecule has 0 spiro atoms. The summed E-state index contributed by atoms with van der Waals surface area (Å²) in [4.78, 5) is 13.4.